The molecule has 3 rings (SSSR count). The second-order valence-electron chi connectivity index (χ2n) is 10.1. The van der Waals surface area contributed by atoms with Gasteiger partial charge in [-0.25, -0.2) is 4.79 Å². The van der Waals surface area contributed by atoms with Gasteiger partial charge in [-0.05, 0) is 95.0 Å². The lowest BCUT2D eigenvalue weighted by Gasteiger charge is -2.29. The van der Waals surface area contributed by atoms with Crippen LogP contribution in [0.25, 0.3) is 10.8 Å². The molecule has 3 aromatic carbocycles. The van der Waals surface area contributed by atoms with Gasteiger partial charge in [0.1, 0.15) is 11.4 Å². The van der Waals surface area contributed by atoms with Gasteiger partial charge in [0.2, 0.25) is 0 Å². The number of rotatable bonds is 9. The summed E-state index contributed by atoms with van der Waals surface area (Å²) < 4.78 is 11.4. The minimum atomic E-state index is -1.05. The molecule has 0 aromatic heterocycles. The maximum absolute atomic E-state index is 12.4. The number of carbonyl (C=O) groups is 1. The molecule has 0 radical (unpaired) electrons. The van der Waals surface area contributed by atoms with E-state index < -0.39 is 11.2 Å². The Morgan fingerprint density at radius 3 is 2.27 bits per heavy atom. The SMILES string of the molecule is CC(NCCCc1ccc(OC(C)(C)C(=O)OC(C)(C)C)cc1)c1cccc2ccccc12. The zero-order valence-corrected chi connectivity index (χ0v) is 20.8. The van der Waals surface area contributed by atoms with E-state index in [-0.39, 0.29) is 5.97 Å². The van der Waals surface area contributed by atoms with Crippen molar-refractivity contribution in [1.82, 2.24) is 5.32 Å². The van der Waals surface area contributed by atoms with E-state index >= 15 is 0 Å². The summed E-state index contributed by atoms with van der Waals surface area (Å²) in [6.45, 7) is 12.2. The van der Waals surface area contributed by atoms with Crippen molar-refractivity contribution in [2.24, 2.45) is 0 Å². The van der Waals surface area contributed by atoms with E-state index in [0.717, 1.165) is 19.4 Å². The predicted octanol–water partition coefficient (Wildman–Crippen LogP) is 6.62. The lowest BCUT2D eigenvalue weighted by molar-refractivity contribution is -0.170. The normalized spacial score (nSPS) is 13.0. The Morgan fingerprint density at radius 1 is 0.909 bits per heavy atom. The van der Waals surface area contributed by atoms with Crippen molar-refractivity contribution in [3.8, 4) is 5.75 Å². The highest BCUT2D eigenvalue weighted by atomic mass is 16.6. The van der Waals surface area contributed by atoms with Crippen LogP contribution in [-0.2, 0) is 16.0 Å². The van der Waals surface area contributed by atoms with E-state index in [1.165, 1.54) is 21.9 Å². The number of ether oxygens (including phenoxy) is 2. The third-order valence-corrected chi connectivity index (χ3v) is 5.57. The first-order valence-corrected chi connectivity index (χ1v) is 11.8. The van der Waals surface area contributed by atoms with Crippen molar-refractivity contribution < 1.29 is 14.3 Å². The van der Waals surface area contributed by atoms with Crippen molar-refractivity contribution in [3.63, 3.8) is 0 Å². The molecule has 1 unspecified atom stereocenters. The summed E-state index contributed by atoms with van der Waals surface area (Å²) in [6.07, 6.45) is 2.02. The minimum Gasteiger partial charge on any atom is -0.476 e. The first kappa shape index (κ1) is 24.8. The Hall–Kier alpha value is -2.85. The molecule has 0 aliphatic rings. The highest BCUT2D eigenvalue weighted by Gasteiger charge is 2.34. The first-order chi connectivity index (χ1) is 15.5. The molecular weight excluding hydrogens is 410 g/mol. The van der Waals surface area contributed by atoms with Crippen molar-refractivity contribution in [1.29, 1.82) is 0 Å². The van der Waals surface area contributed by atoms with Crippen molar-refractivity contribution in [2.45, 2.75) is 71.6 Å². The van der Waals surface area contributed by atoms with Crippen LogP contribution in [0, 0.1) is 0 Å². The van der Waals surface area contributed by atoms with Gasteiger partial charge in [0.15, 0.2) is 5.60 Å². The lowest BCUT2D eigenvalue weighted by atomic mass is 9.99. The quantitative estimate of drug-likeness (QED) is 0.296. The number of esters is 1. The van der Waals surface area contributed by atoms with Gasteiger partial charge >= 0.3 is 5.97 Å². The van der Waals surface area contributed by atoms with Crippen LogP contribution in [0.5, 0.6) is 5.75 Å². The maximum atomic E-state index is 12.4. The van der Waals surface area contributed by atoms with E-state index in [0.29, 0.717) is 11.8 Å². The Bertz CT molecular complexity index is 1060. The zero-order chi connectivity index (χ0) is 24.1. The van der Waals surface area contributed by atoms with Crippen LogP contribution < -0.4 is 10.1 Å². The van der Waals surface area contributed by atoms with Crippen molar-refractivity contribution in [3.05, 3.63) is 77.9 Å². The van der Waals surface area contributed by atoms with E-state index in [2.05, 4.69) is 66.8 Å². The second-order valence-corrected chi connectivity index (χ2v) is 10.1. The average molecular weight is 448 g/mol. The number of nitrogens with one attached hydrogen (secondary N) is 1. The van der Waals surface area contributed by atoms with E-state index in [4.69, 9.17) is 9.47 Å². The molecule has 0 saturated heterocycles. The third-order valence-electron chi connectivity index (χ3n) is 5.57. The van der Waals surface area contributed by atoms with Crippen LogP contribution in [0.2, 0.25) is 0 Å². The van der Waals surface area contributed by atoms with E-state index in [1.807, 2.05) is 32.9 Å². The topological polar surface area (TPSA) is 47.6 Å². The molecule has 3 aromatic rings. The molecule has 4 nitrogen and oxygen atoms in total. The fraction of sp³-hybridized carbons (Fsp3) is 0.414. The van der Waals surface area contributed by atoms with Crippen LogP contribution in [0.4, 0.5) is 0 Å². The van der Waals surface area contributed by atoms with Crippen molar-refractivity contribution in [2.75, 3.05) is 6.54 Å². The number of benzene rings is 3. The molecule has 0 bridgehead atoms. The molecule has 1 N–H and O–H groups in total. The molecule has 0 amide bonds. The number of fused-ring (bicyclic) bond motifs is 1. The Balaban J connectivity index is 1.48. The fourth-order valence-electron chi connectivity index (χ4n) is 3.81. The molecular formula is C29H37NO3. The summed E-state index contributed by atoms with van der Waals surface area (Å²) in [6, 6.07) is 23.3. The Kier molecular flexibility index (Phi) is 7.80. The lowest BCUT2D eigenvalue weighted by Crippen LogP contribution is -2.43. The smallest absolute Gasteiger partial charge is 0.350 e. The third kappa shape index (κ3) is 7.06. The first-order valence-electron chi connectivity index (χ1n) is 11.8. The van der Waals surface area contributed by atoms with Gasteiger partial charge in [-0.2, -0.15) is 0 Å². The molecule has 0 heterocycles. The summed E-state index contributed by atoms with van der Waals surface area (Å²) in [7, 11) is 0. The minimum absolute atomic E-state index is 0.293. The highest BCUT2D eigenvalue weighted by molar-refractivity contribution is 5.86. The van der Waals surface area contributed by atoms with Crippen molar-refractivity contribution >= 4 is 16.7 Å². The standard InChI is InChI=1S/C29H37NO3/c1-21(25-15-9-13-23-12-7-8-14-26(23)25)30-20-10-11-22-16-18-24(19-17-22)32-29(5,6)27(31)33-28(2,3)4/h7-9,12-19,21,30H,10-11,20H2,1-6H3. The monoisotopic (exact) mass is 447 g/mol. The van der Waals surface area contributed by atoms with Gasteiger partial charge in [-0.1, -0.05) is 54.6 Å². The summed E-state index contributed by atoms with van der Waals surface area (Å²) in [5.41, 5.74) is 0.996. The van der Waals surface area contributed by atoms with Crippen LogP contribution in [0.3, 0.4) is 0 Å². The van der Waals surface area contributed by atoms with Crippen LogP contribution in [0.1, 0.15) is 65.1 Å². The van der Waals surface area contributed by atoms with Crippen LogP contribution in [-0.4, -0.2) is 23.7 Å². The summed E-state index contributed by atoms with van der Waals surface area (Å²) >= 11 is 0. The zero-order valence-electron chi connectivity index (χ0n) is 20.8. The van der Waals surface area contributed by atoms with Gasteiger partial charge < -0.3 is 14.8 Å². The summed E-state index contributed by atoms with van der Waals surface area (Å²) in [5.74, 6) is 0.294. The number of aryl methyl sites for hydroxylation is 1. The highest BCUT2D eigenvalue weighted by Crippen LogP contribution is 2.25. The van der Waals surface area contributed by atoms with E-state index in [1.54, 1.807) is 13.8 Å². The Labute approximate surface area is 198 Å². The number of carbonyl (C=O) groups excluding carboxylic acids is 1. The van der Waals surface area contributed by atoms with Crippen LogP contribution >= 0.6 is 0 Å². The van der Waals surface area contributed by atoms with Gasteiger partial charge in [0.25, 0.3) is 0 Å². The maximum Gasteiger partial charge on any atom is 0.350 e. The summed E-state index contributed by atoms with van der Waals surface area (Å²) in [5, 5.41) is 6.25. The van der Waals surface area contributed by atoms with Crippen LogP contribution in [0.15, 0.2) is 66.7 Å². The van der Waals surface area contributed by atoms with Gasteiger partial charge in [-0.3, -0.25) is 0 Å². The van der Waals surface area contributed by atoms with Gasteiger partial charge in [-0.15, -0.1) is 0 Å². The molecule has 0 spiro atoms. The molecule has 0 aliphatic heterocycles. The average Bonchev–Trinajstić information content (AvgIpc) is 2.76. The molecule has 1 atom stereocenters. The molecule has 176 valence electrons. The molecule has 0 fully saturated rings. The van der Waals surface area contributed by atoms with Gasteiger partial charge in [0.05, 0.1) is 0 Å². The summed E-state index contributed by atoms with van der Waals surface area (Å²) in [4.78, 5) is 12.4. The molecule has 4 heteroatoms. The molecule has 33 heavy (non-hydrogen) atoms. The van der Waals surface area contributed by atoms with E-state index in [9.17, 15) is 4.79 Å². The molecule has 0 saturated carbocycles. The number of hydrogen-bond acceptors (Lipinski definition) is 4. The van der Waals surface area contributed by atoms with Gasteiger partial charge in [0, 0.05) is 6.04 Å². The predicted molar refractivity (Wildman–Crippen MR) is 136 cm³/mol. The number of hydrogen-bond donors (Lipinski definition) is 1. The Morgan fingerprint density at radius 2 is 1.58 bits per heavy atom. The largest absolute Gasteiger partial charge is 0.476 e. The fourth-order valence-corrected chi connectivity index (χ4v) is 3.81. The molecule has 0 aliphatic carbocycles. The second kappa shape index (κ2) is 10.4.